The summed E-state index contributed by atoms with van der Waals surface area (Å²) in [6.45, 7) is 2.89. The van der Waals surface area contributed by atoms with Gasteiger partial charge in [-0.3, -0.25) is 0 Å². The molecule has 0 radical (unpaired) electrons. The predicted octanol–water partition coefficient (Wildman–Crippen LogP) is 2.29. The van der Waals surface area contributed by atoms with Crippen LogP contribution < -0.4 is 0 Å². The van der Waals surface area contributed by atoms with Gasteiger partial charge in [-0.1, -0.05) is 0 Å². The van der Waals surface area contributed by atoms with E-state index in [0.29, 0.717) is 6.83 Å². The molecule has 0 aliphatic rings. The van der Waals surface area contributed by atoms with E-state index in [2.05, 4.69) is 33.6 Å². The van der Waals surface area contributed by atoms with Gasteiger partial charge < -0.3 is 0 Å². The molecule has 0 saturated carbocycles. The Morgan fingerprint density at radius 2 is 2.22 bits per heavy atom. The van der Waals surface area contributed by atoms with Crippen molar-refractivity contribution in [1.29, 1.82) is 0 Å². The van der Waals surface area contributed by atoms with Crippen molar-refractivity contribution in [2.75, 3.05) is 0 Å². The quantitative estimate of drug-likeness (QED) is 0.287. The maximum absolute atomic E-state index is 3.10. The van der Waals surface area contributed by atoms with Crippen molar-refractivity contribution in [3.8, 4) is 11.6 Å². The molecule has 0 bridgehead atoms. The van der Waals surface area contributed by atoms with Crippen LogP contribution in [0.3, 0.4) is 0 Å². The van der Waals surface area contributed by atoms with Crippen LogP contribution in [0.1, 0.15) is 32.6 Å². The second kappa shape index (κ2) is 8.38. The van der Waals surface area contributed by atoms with Gasteiger partial charge in [0.05, 0.1) is 0 Å². The van der Waals surface area contributed by atoms with Crippen molar-refractivity contribution in [2.24, 2.45) is 0 Å². The van der Waals surface area contributed by atoms with Crippen molar-refractivity contribution in [2.45, 2.75) is 32.6 Å². The summed E-state index contributed by atoms with van der Waals surface area (Å²) in [5, 5.41) is 0. The fourth-order valence-electron chi connectivity index (χ4n) is 0.562. The van der Waals surface area contributed by atoms with Crippen molar-refractivity contribution < 1.29 is 0 Å². The second-order valence-electron chi connectivity index (χ2n) is 1.86. The molecule has 0 rings (SSSR count). The van der Waals surface area contributed by atoms with Gasteiger partial charge in [0.25, 0.3) is 0 Å². The number of hydrogen-bond acceptors (Lipinski definition) is 0. The van der Waals surface area contributed by atoms with Gasteiger partial charge in [0, 0.05) is 0 Å². The molecule has 0 nitrogen and oxygen atoms in total. The zero-order valence-corrected chi connectivity index (χ0v) is 8.45. The Balaban J connectivity index is 2.99. The van der Waals surface area contributed by atoms with Gasteiger partial charge in [-0.25, -0.2) is 0 Å². The first-order chi connectivity index (χ1) is 4.41. The van der Waals surface area contributed by atoms with Crippen molar-refractivity contribution in [3.05, 3.63) is 0 Å². The zero-order chi connectivity index (χ0) is 6.95. The van der Waals surface area contributed by atoms with Gasteiger partial charge in [0.15, 0.2) is 0 Å². The van der Waals surface area contributed by atoms with E-state index in [4.69, 9.17) is 0 Å². The fourth-order valence-corrected chi connectivity index (χ4v) is 1.21. The second-order valence-corrected chi connectivity index (χ2v) is 3.60. The molecule has 50 valence electrons. The molecule has 0 saturated heterocycles. The van der Waals surface area contributed by atoms with Gasteiger partial charge in [0.2, 0.25) is 0 Å². The Hall–Kier alpha value is 0.379. The van der Waals surface area contributed by atoms with E-state index in [1.807, 2.05) is 0 Å². The third-order valence-corrected chi connectivity index (χ3v) is 1.97. The van der Waals surface area contributed by atoms with Crippen LogP contribution in [0.4, 0.5) is 0 Å². The fraction of sp³-hybridized carbons (Fsp3) is 0.714. The Morgan fingerprint density at radius 3 is 2.78 bits per heavy atom. The summed E-state index contributed by atoms with van der Waals surface area (Å²) < 4.78 is 0. The summed E-state index contributed by atoms with van der Waals surface area (Å²) >= 11 is 2.89. The SMILES string of the molecule is CCCCCC#C[PH+]=[Se]. The number of hydrogen-bond donors (Lipinski definition) is 0. The molecule has 0 aliphatic heterocycles. The Kier molecular flexibility index (Phi) is 8.73. The van der Waals surface area contributed by atoms with Crippen molar-refractivity contribution in [1.82, 2.24) is 0 Å². The van der Waals surface area contributed by atoms with Gasteiger partial charge in [-0.15, -0.1) is 0 Å². The van der Waals surface area contributed by atoms with Gasteiger partial charge in [-0.05, 0) is 0 Å². The minimum atomic E-state index is 0.684. The summed E-state index contributed by atoms with van der Waals surface area (Å²) in [7, 11) is 0. The van der Waals surface area contributed by atoms with Crippen LogP contribution in [0.2, 0.25) is 0 Å². The van der Waals surface area contributed by atoms with Crippen LogP contribution in [0.15, 0.2) is 0 Å². The van der Waals surface area contributed by atoms with E-state index < -0.39 is 0 Å². The molecule has 0 N–H and O–H groups in total. The molecule has 0 heterocycles. The van der Waals surface area contributed by atoms with Crippen LogP contribution in [-0.2, 0) is 0 Å². The van der Waals surface area contributed by atoms with E-state index in [-0.39, 0.29) is 0 Å². The number of unbranched alkanes of at least 4 members (excludes halogenated alkanes) is 3. The van der Waals surface area contributed by atoms with Crippen molar-refractivity contribution >= 4 is 21.9 Å². The van der Waals surface area contributed by atoms with Gasteiger partial charge in [-0.2, -0.15) is 0 Å². The molecule has 0 fully saturated rings. The molecule has 0 aromatic heterocycles. The third-order valence-electron chi connectivity index (χ3n) is 1.04. The summed E-state index contributed by atoms with van der Waals surface area (Å²) in [6.07, 6.45) is 4.98. The molecule has 0 spiro atoms. The Labute approximate surface area is 66.5 Å². The van der Waals surface area contributed by atoms with Crippen LogP contribution in [0, 0.1) is 11.6 Å². The molecule has 0 aliphatic carbocycles. The molecular weight excluding hydrogens is 194 g/mol. The zero-order valence-electron chi connectivity index (χ0n) is 5.74. The Morgan fingerprint density at radius 1 is 1.44 bits per heavy atom. The molecule has 1 unspecified atom stereocenters. The van der Waals surface area contributed by atoms with Crippen LogP contribution in [-0.4, -0.2) is 15.1 Å². The standard InChI is InChI=1S/C7H11PSe/c1-2-3-4-5-6-7-8-9/h2-5H2,1H3/p+1. The van der Waals surface area contributed by atoms with Gasteiger partial charge in [0.1, 0.15) is 0 Å². The third kappa shape index (κ3) is 8.38. The maximum atomic E-state index is 3.10. The average molecular weight is 206 g/mol. The molecule has 0 aromatic rings. The molecular formula is C7H12PSe+. The summed E-state index contributed by atoms with van der Waals surface area (Å²) in [5.41, 5.74) is 3.03. The van der Waals surface area contributed by atoms with Gasteiger partial charge >= 0.3 is 66.1 Å². The molecule has 0 aromatic carbocycles. The molecule has 0 amide bonds. The van der Waals surface area contributed by atoms with E-state index in [0.717, 1.165) is 6.42 Å². The van der Waals surface area contributed by atoms with Crippen LogP contribution in [0.5, 0.6) is 0 Å². The predicted molar refractivity (Wildman–Crippen MR) is 46.0 cm³/mol. The number of rotatable bonds is 3. The molecule has 1 atom stereocenters. The summed E-state index contributed by atoms with van der Waals surface area (Å²) in [6, 6.07) is 0. The normalized spacial score (nSPS) is 8.56. The molecule has 2 heteroatoms. The van der Waals surface area contributed by atoms with E-state index >= 15 is 0 Å². The summed E-state index contributed by atoms with van der Waals surface area (Å²) in [4.78, 5) is 0. The first-order valence-electron chi connectivity index (χ1n) is 3.26. The summed E-state index contributed by atoms with van der Waals surface area (Å²) in [5.74, 6) is 3.10. The first-order valence-corrected chi connectivity index (χ1v) is 6.74. The van der Waals surface area contributed by atoms with E-state index in [1.165, 1.54) is 19.3 Å². The van der Waals surface area contributed by atoms with Crippen LogP contribution in [0.25, 0.3) is 0 Å². The van der Waals surface area contributed by atoms with Crippen LogP contribution >= 0.6 is 6.83 Å². The monoisotopic (exact) mass is 207 g/mol. The topological polar surface area (TPSA) is 0 Å². The van der Waals surface area contributed by atoms with E-state index in [9.17, 15) is 0 Å². The molecule has 9 heavy (non-hydrogen) atoms. The van der Waals surface area contributed by atoms with Crippen molar-refractivity contribution in [3.63, 3.8) is 0 Å². The Bertz CT molecular complexity index is 121. The van der Waals surface area contributed by atoms with E-state index in [1.54, 1.807) is 0 Å². The average Bonchev–Trinajstić information content (AvgIpc) is 1.89. The minimum absolute atomic E-state index is 0.684. The first kappa shape index (κ1) is 9.38.